The van der Waals surface area contributed by atoms with Gasteiger partial charge in [0.1, 0.15) is 0 Å². The normalized spacial score (nSPS) is 10.6. The second-order valence-electron chi connectivity index (χ2n) is 5.68. The Bertz CT molecular complexity index is 631. The molecule has 0 spiro atoms. The van der Waals surface area contributed by atoms with Crippen molar-refractivity contribution in [2.75, 3.05) is 0 Å². The lowest BCUT2D eigenvalue weighted by molar-refractivity contribution is -0.363. The van der Waals surface area contributed by atoms with Crippen LogP contribution in [-0.4, -0.2) is 11.9 Å². The summed E-state index contributed by atoms with van der Waals surface area (Å²) in [5.41, 5.74) is 0.658. The molecule has 6 nitrogen and oxygen atoms in total. The SMILES string of the molecule is [CH2]CCCCC[C](OOC(=O)c1ccccc1)OOC(=O)c1ccccc1. The van der Waals surface area contributed by atoms with Crippen molar-refractivity contribution in [3.8, 4) is 0 Å². The predicted molar refractivity (Wildman–Crippen MR) is 97.6 cm³/mol. The van der Waals surface area contributed by atoms with Gasteiger partial charge in [-0.25, -0.2) is 9.59 Å². The quantitative estimate of drug-likeness (QED) is 0.320. The van der Waals surface area contributed by atoms with E-state index in [4.69, 9.17) is 19.6 Å². The monoisotopic (exact) mass is 370 g/mol. The lowest BCUT2D eigenvalue weighted by Gasteiger charge is -2.13. The van der Waals surface area contributed by atoms with E-state index in [2.05, 4.69) is 6.92 Å². The highest BCUT2D eigenvalue weighted by Crippen LogP contribution is 2.18. The summed E-state index contributed by atoms with van der Waals surface area (Å²) in [7, 11) is 0. The molecule has 0 heterocycles. The molecular formula is C21H22O6. The third-order valence-corrected chi connectivity index (χ3v) is 3.57. The van der Waals surface area contributed by atoms with Crippen molar-refractivity contribution in [3.63, 3.8) is 0 Å². The van der Waals surface area contributed by atoms with Crippen LogP contribution in [-0.2, 0) is 19.6 Å². The van der Waals surface area contributed by atoms with Gasteiger partial charge in [-0.15, -0.1) is 9.78 Å². The highest BCUT2D eigenvalue weighted by atomic mass is 17.3. The van der Waals surface area contributed by atoms with Crippen LogP contribution in [0.5, 0.6) is 0 Å². The third-order valence-electron chi connectivity index (χ3n) is 3.57. The molecule has 0 bridgehead atoms. The van der Waals surface area contributed by atoms with Gasteiger partial charge < -0.3 is 0 Å². The summed E-state index contributed by atoms with van der Waals surface area (Å²) in [6.45, 7) is 3.78. The Morgan fingerprint density at radius 2 is 1.15 bits per heavy atom. The minimum Gasteiger partial charge on any atom is -0.289 e. The van der Waals surface area contributed by atoms with E-state index < -0.39 is 11.9 Å². The van der Waals surface area contributed by atoms with E-state index in [0.29, 0.717) is 24.0 Å². The van der Waals surface area contributed by atoms with Gasteiger partial charge in [0.2, 0.25) is 0 Å². The maximum atomic E-state index is 12.0. The smallest absolute Gasteiger partial charge is 0.289 e. The topological polar surface area (TPSA) is 71.1 Å². The Morgan fingerprint density at radius 3 is 1.59 bits per heavy atom. The largest absolute Gasteiger partial charge is 0.373 e. The highest BCUT2D eigenvalue weighted by Gasteiger charge is 2.21. The summed E-state index contributed by atoms with van der Waals surface area (Å²) in [5, 5.41) is 0. The van der Waals surface area contributed by atoms with E-state index in [-0.39, 0.29) is 6.29 Å². The Balaban J connectivity index is 1.86. The molecular weight excluding hydrogens is 348 g/mol. The van der Waals surface area contributed by atoms with Crippen LogP contribution in [0, 0.1) is 13.2 Å². The van der Waals surface area contributed by atoms with Crippen molar-refractivity contribution in [3.05, 3.63) is 85.0 Å². The molecule has 0 unspecified atom stereocenters. The van der Waals surface area contributed by atoms with Crippen molar-refractivity contribution in [2.45, 2.75) is 32.1 Å². The highest BCUT2D eigenvalue weighted by molar-refractivity contribution is 5.89. The molecule has 6 heteroatoms. The van der Waals surface area contributed by atoms with Crippen LogP contribution in [0.25, 0.3) is 0 Å². The van der Waals surface area contributed by atoms with Crippen molar-refractivity contribution in [1.82, 2.24) is 0 Å². The minimum absolute atomic E-state index is 0.104. The molecule has 0 aliphatic rings. The molecule has 142 valence electrons. The van der Waals surface area contributed by atoms with E-state index in [1.54, 1.807) is 60.7 Å². The molecule has 0 N–H and O–H groups in total. The molecule has 0 aliphatic carbocycles. The summed E-state index contributed by atoms with van der Waals surface area (Å²) in [5.74, 6) is -1.35. The number of rotatable bonds is 11. The van der Waals surface area contributed by atoms with Crippen molar-refractivity contribution < 1.29 is 29.1 Å². The number of hydrogen-bond acceptors (Lipinski definition) is 6. The first-order chi connectivity index (χ1) is 13.2. The molecule has 0 aromatic heterocycles. The fourth-order valence-corrected chi connectivity index (χ4v) is 2.13. The van der Waals surface area contributed by atoms with Crippen LogP contribution >= 0.6 is 0 Å². The predicted octanol–water partition coefficient (Wildman–Crippen LogP) is 4.84. The van der Waals surface area contributed by atoms with Gasteiger partial charge in [0.15, 0.2) is 0 Å². The first-order valence-corrected chi connectivity index (χ1v) is 8.73. The van der Waals surface area contributed by atoms with Gasteiger partial charge in [-0.05, 0) is 30.7 Å². The van der Waals surface area contributed by atoms with Gasteiger partial charge >= 0.3 is 18.2 Å². The Labute approximate surface area is 158 Å². The van der Waals surface area contributed by atoms with Gasteiger partial charge in [-0.3, -0.25) is 9.78 Å². The number of carbonyl (C=O) groups is 2. The summed E-state index contributed by atoms with van der Waals surface area (Å²) < 4.78 is 0. The van der Waals surface area contributed by atoms with Crippen LogP contribution in [0.2, 0.25) is 0 Å². The Hall–Kier alpha value is -2.70. The van der Waals surface area contributed by atoms with E-state index in [9.17, 15) is 9.59 Å². The standard InChI is InChI=1S/C21H22O6/c1-2-3-4-11-16-19(24-26-20(22)17-12-7-5-8-13-17)25-27-21(23)18-14-9-6-10-15-18/h5-10,12-15H,1-4,11,16H2. The summed E-state index contributed by atoms with van der Waals surface area (Å²) in [6, 6.07) is 16.8. The zero-order valence-corrected chi connectivity index (χ0v) is 15.0. The van der Waals surface area contributed by atoms with Gasteiger partial charge in [0.05, 0.1) is 11.1 Å². The summed E-state index contributed by atoms with van der Waals surface area (Å²) in [6.07, 6.45) is 3.57. The first kappa shape index (κ1) is 20.6. The molecule has 2 radical (unpaired) electrons. The number of carbonyl (C=O) groups excluding carboxylic acids is 2. The fraction of sp³-hybridized carbons (Fsp3) is 0.238. The van der Waals surface area contributed by atoms with Crippen LogP contribution in [0.3, 0.4) is 0 Å². The van der Waals surface area contributed by atoms with E-state index in [1.807, 2.05) is 0 Å². The fourth-order valence-electron chi connectivity index (χ4n) is 2.13. The van der Waals surface area contributed by atoms with Crippen LogP contribution in [0.15, 0.2) is 60.7 Å². The molecule has 0 amide bonds. The maximum Gasteiger partial charge on any atom is 0.373 e. The van der Waals surface area contributed by atoms with Gasteiger partial charge in [0, 0.05) is 6.42 Å². The molecule has 2 aromatic carbocycles. The Kier molecular flexibility index (Phi) is 9.03. The van der Waals surface area contributed by atoms with E-state index in [1.165, 1.54) is 0 Å². The molecule has 2 aromatic rings. The van der Waals surface area contributed by atoms with Gasteiger partial charge in [0.25, 0.3) is 0 Å². The van der Waals surface area contributed by atoms with E-state index >= 15 is 0 Å². The van der Waals surface area contributed by atoms with Crippen molar-refractivity contribution in [1.29, 1.82) is 0 Å². The van der Waals surface area contributed by atoms with Crippen molar-refractivity contribution >= 4 is 11.9 Å². The molecule has 0 saturated carbocycles. The second kappa shape index (κ2) is 11.8. The van der Waals surface area contributed by atoms with Crippen LogP contribution in [0.1, 0.15) is 52.8 Å². The number of benzene rings is 2. The third kappa shape index (κ3) is 7.60. The lowest BCUT2D eigenvalue weighted by Crippen LogP contribution is -2.16. The molecule has 0 fully saturated rings. The first-order valence-electron chi connectivity index (χ1n) is 8.73. The molecule has 0 aliphatic heterocycles. The average molecular weight is 370 g/mol. The molecule has 2 rings (SSSR count). The van der Waals surface area contributed by atoms with Gasteiger partial charge in [-0.1, -0.05) is 62.6 Å². The summed E-state index contributed by atoms with van der Waals surface area (Å²) >= 11 is 0. The van der Waals surface area contributed by atoms with Crippen molar-refractivity contribution in [2.24, 2.45) is 0 Å². The Morgan fingerprint density at radius 1 is 0.667 bits per heavy atom. The maximum absolute atomic E-state index is 12.0. The zero-order chi connectivity index (χ0) is 19.3. The molecule has 27 heavy (non-hydrogen) atoms. The molecule has 0 saturated heterocycles. The van der Waals surface area contributed by atoms with Crippen LogP contribution < -0.4 is 0 Å². The number of unbranched alkanes of at least 4 members (excludes halogenated alkanes) is 3. The molecule has 0 atom stereocenters. The average Bonchev–Trinajstić information content (AvgIpc) is 2.73. The summed E-state index contributed by atoms with van der Waals surface area (Å²) in [4.78, 5) is 43.4. The minimum atomic E-state index is -0.677. The zero-order valence-electron chi connectivity index (χ0n) is 15.0. The lowest BCUT2D eigenvalue weighted by atomic mass is 10.1. The second-order valence-corrected chi connectivity index (χ2v) is 5.68. The van der Waals surface area contributed by atoms with Crippen LogP contribution in [0.4, 0.5) is 0 Å². The number of hydrogen-bond donors (Lipinski definition) is 0. The van der Waals surface area contributed by atoms with E-state index in [0.717, 1.165) is 19.3 Å². The van der Waals surface area contributed by atoms with Gasteiger partial charge in [-0.2, -0.15) is 0 Å².